The lowest BCUT2D eigenvalue weighted by atomic mass is 10.1. The molecule has 30 heavy (non-hydrogen) atoms. The Bertz CT molecular complexity index is 1060. The summed E-state index contributed by atoms with van der Waals surface area (Å²) in [6, 6.07) is 0.173. The Morgan fingerprint density at radius 2 is 2.27 bits per heavy atom. The molecule has 1 amide bonds. The van der Waals surface area contributed by atoms with Gasteiger partial charge in [0.2, 0.25) is 11.9 Å². The molecule has 10 heteroatoms. The Labute approximate surface area is 179 Å². The van der Waals surface area contributed by atoms with Crippen molar-refractivity contribution in [2.45, 2.75) is 38.8 Å². The van der Waals surface area contributed by atoms with E-state index in [1.807, 2.05) is 22.7 Å². The third-order valence-electron chi connectivity index (χ3n) is 5.25. The van der Waals surface area contributed by atoms with Crippen molar-refractivity contribution in [3.63, 3.8) is 0 Å². The van der Waals surface area contributed by atoms with Crippen LogP contribution in [0.4, 0.5) is 17.5 Å². The van der Waals surface area contributed by atoms with Crippen LogP contribution in [0.5, 0.6) is 0 Å². The highest BCUT2D eigenvalue weighted by Crippen LogP contribution is 2.31. The monoisotopic (exact) mass is 428 g/mol. The van der Waals surface area contributed by atoms with Crippen LogP contribution in [-0.4, -0.2) is 54.7 Å². The molecule has 9 nitrogen and oxygen atoms in total. The van der Waals surface area contributed by atoms with Crippen molar-refractivity contribution in [1.82, 2.24) is 29.6 Å². The summed E-state index contributed by atoms with van der Waals surface area (Å²) in [5.41, 5.74) is 1.47. The molecule has 0 unspecified atom stereocenters. The minimum atomic E-state index is -0.0205. The number of carbonyl (C=O) groups excluding carboxylic acids is 1. The highest BCUT2D eigenvalue weighted by molar-refractivity contribution is 6.36. The van der Waals surface area contributed by atoms with E-state index in [1.54, 1.807) is 12.4 Å². The third kappa shape index (κ3) is 4.25. The molecule has 3 aromatic rings. The van der Waals surface area contributed by atoms with E-state index in [9.17, 15) is 4.79 Å². The van der Waals surface area contributed by atoms with E-state index in [0.29, 0.717) is 29.0 Å². The average Bonchev–Trinajstić information content (AvgIpc) is 3.28. The van der Waals surface area contributed by atoms with Gasteiger partial charge in [-0.3, -0.25) is 9.48 Å². The molecule has 0 aliphatic carbocycles. The van der Waals surface area contributed by atoms with E-state index < -0.39 is 0 Å². The van der Waals surface area contributed by atoms with Crippen LogP contribution < -0.4 is 10.6 Å². The lowest BCUT2D eigenvalue weighted by Crippen LogP contribution is -2.31. The predicted molar refractivity (Wildman–Crippen MR) is 118 cm³/mol. The van der Waals surface area contributed by atoms with E-state index in [1.165, 1.54) is 6.08 Å². The van der Waals surface area contributed by atoms with Gasteiger partial charge in [-0.25, -0.2) is 0 Å². The molecule has 4 heterocycles. The van der Waals surface area contributed by atoms with Crippen LogP contribution in [0.3, 0.4) is 0 Å². The number of fused-ring (bicyclic) bond motifs is 1. The Morgan fingerprint density at radius 3 is 3.03 bits per heavy atom. The smallest absolute Gasteiger partial charge is 0.245 e. The van der Waals surface area contributed by atoms with E-state index in [-0.39, 0.29) is 11.9 Å². The summed E-state index contributed by atoms with van der Waals surface area (Å²) in [5.74, 6) is 1.11. The minimum Gasteiger partial charge on any atom is -0.366 e. The molecular weight excluding hydrogens is 404 g/mol. The maximum atomic E-state index is 11.9. The van der Waals surface area contributed by atoms with Crippen LogP contribution in [0.2, 0.25) is 5.02 Å². The quantitative estimate of drug-likeness (QED) is 0.519. The van der Waals surface area contributed by atoms with Crippen molar-refractivity contribution in [2.75, 3.05) is 23.7 Å². The van der Waals surface area contributed by atoms with Crippen LogP contribution in [0.15, 0.2) is 31.2 Å². The van der Waals surface area contributed by atoms with Crippen molar-refractivity contribution >= 4 is 46.0 Å². The van der Waals surface area contributed by atoms with Crippen LogP contribution >= 0.6 is 11.6 Å². The van der Waals surface area contributed by atoms with E-state index in [2.05, 4.69) is 37.3 Å². The van der Waals surface area contributed by atoms with Crippen molar-refractivity contribution < 1.29 is 4.79 Å². The van der Waals surface area contributed by atoms with Gasteiger partial charge in [-0.1, -0.05) is 18.2 Å². The predicted octanol–water partition coefficient (Wildman–Crippen LogP) is 3.55. The molecule has 1 aliphatic heterocycles. The number of likely N-dealkylation sites (tertiary alicyclic amines) is 1. The van der Waals surface area contributed by atoms with Gasteiger partial charge in [0.05, 0.1) is 22.3 Å². The summed E-state index contributed by atoms with van der Waals surface area (Å²) in [6.45, 7) is 7.82. The second kappa shape index (κ2) is 8.74. The fourth-order valence-electron chi connectivity index (χ4n) is 3.67. The number of hydrogen-bond donors (Lipinski definition) is 3. The Morgan fingerprint density at radius 1 is 1.40 bits per heavy atom. The number of hydrogen-bond acceptors (Lipinski definition) is 6. The second-order valence-electron chi connectivity index (χ2n) is 7.27. The number of aromatic nitrogens is 5. The molecule has 0 radical (unpaired) electrons. The zero-order chi connectivity index (χ0) is 21.1. The van der Waals surface area contributed by atoms with Gasteiger partial charge in [0, 0.05) is 38.1 Å². The topological polar surface area (TPSA) is 104 Å². The first-order valence-electron chi connectivity index (χ1n) is 10.1. The number of nitrogens with one attached hydrogen (secondary N) is 3. The number of anilines is 3. The standard InChI is InChI=1S/C20H25ClN8O/c1-3-16(30)28-8-5-6-13(7-9-28)24-19-17-15(21)11-22-18(17)26-20(27-19)25-14-10-23-29(4-2)12-14/h3,10-13H,1,4-9H2,2H3,(H3,22,24,25,26,27)/t13-/m1/s1. The van der Waals surface area contributed by atoms with Crippen LogP contribution in [0.25, 0.3) is 11.0 Å². The van der Waals surface area contributed by atoms with E-state index >= 15 is 0 Å². The van der Waals surface area contributed by atoms with Gasteiger partial charge in [0.15, 0.2) is 0 Å². The first kappa shape index (κ1) is 20.2. The average molecular weight is 429 g/mol. The molecule has 3 N–H and O–H groups in total. The minimum absolute atomic E-state index is 0.0205. The SMILES string of the molecule is C=CC(=O)N1CCC[C@@H](Nc2nc(Nc3cnn(CC)c3)nc3[nH]cc(Cl)c23)CC1. The first-order chi connectivity index (χ1) is 14.6. The van der Waals surface area contributed by atoms with Crippen molar-refractivity contribution in [1.29, 1.82) is 0 Å². The molecule has 0 aromatic carbocycles. The van der Waals surface area contributed by atoms with Gasteiger partial charge in [-0.2, -0.15) is 15.1 Å². The van der Waals surface area contributed by atoms with Crippen molar-refractivity contribution in [3.8, 4) is 0 Å². The maximum Gasteiger partial charge on any atom is 0.245 e. The first-order valence-corrected chi connectivity index (χ1v) is 10.5. The highest BCUT2D eigenvalue weighted by Gasteiger charge is 2.21. The molecule has 1 atom stereocenters. The molecule has 1 aliphatic rings. The molecule has 1 fully saturated rings. The number of aryl methyl sites for hydroxylation is 1. The summed E-state index contributed by atoms with van der Waals surface area (Å²) >= 11 is 6.40. The van der Waals surface area contributed by atoms with Gasteiger partial charge >= 0.3 is 0 Å². The zero-order valence-corrected chi connectivity index (χ0v) is 17.6. The molecule has 4 rings (SSSR count). The largest absolute Gasteiger partial charge is 0.366 e. The fraction of sp³-hybridized carbons (Fsp3) is 0.400. The van der Waals surface area contributed by atoms with Crippen LogP contribution in [-0.2, 0) is 11.3 Å². The van der Waals surface area contributed by atoms with Crippen LogP contribution in [0, 0.1) is 0 Å². The lowest BCUT2D eigenvalue weighted by Gasteiger charge is -2.20. The summed E-state index contributed by atoms with van der Waals surface area (Å²) in [7, 11) is 0. The molecule has 0 saturated carbocycles. The molecule has 0 spiro atoms. The van der Waals surface area contributed by atoms with E-state index in [0.717, 1.165) is 43.4 Å². The number of H-pyrrole nitrogens is 1. The molecule has 158 valence electrons. The summed E-state index contributed by atoms with van der Waals surface area (Å²) in [5, 5.41) is 12.3. The summed E-state index contributed by atoms with van der Waals surface area (Å²) in [4.78, 5) is 26.1. The van der Waals surface area contributed by atoms with Crippen molar-refractivity contribution in [2.24, 2.45) is 0 Å². The highest BCUT2D eigenvalue weighted by atomic mass is 35.5. The summed E-state index contributed by atoms with van der Waals surface area (Å²) < 4.78 is 1.83. The molecule has 1 saturated heterocycles. The van der Waals surface area contributed by atoms with Gasteiger partial charge < -0.3 is 20.5 Å². The maximum absolute atomic E-state index is 11.9. The number of nitrogens with zero attached hydrogens (tertiary/aromatic N) is 5. The van der Waals surface area contributed by atoms with Gasteiger partial charge in [0.25, 0.3) is 0 Å². The Hall–Kier alpha value is -3.07. The Kier molecular flexibility index (Phi) is 5.89. The number of rotatable bonds is 6. The third-order valence-corrected chi connectivity index (χ3v) is 5.55. The molecular formula is C20H25ClN8O. The summed E-state index contributed by atoms with van der Waals surface area (Å²) in [6.07, 6.45) is 9.39. The second-order valence-corrected chi connectivity index (χ2v) is 7.67. The fourth-order valence-corrected chi connectivity index (χ4v) is 3.90. The zero-order valence-electron chi connectivity index (χ0n) is 16.9. The number of aromatic amines is 1. The van der Waals surface area contributed by atoms with E-state index in [4.69, 9.17) is 11.6 Å². The Balaban J connectivity index is 1.57. The normalized spacial score (nSPS) is 17.0. The van der Waals surface area contributed by atoms with Gasteiger partial charge in [-0.15, -0.1) is 0 Å². The number of carbonyl (C=O) groups is 1. The molecule has 3 aromatic heterocycles. The number of amides is 1. The molecule has 0 bridgehead atoms. The van der Waals surface area contributed by atoms with Crippen molar-refractivity contribution in [3.05, 3.63) is 36.3 Å². The number of halogens is 1. The lowest BCUT2D eigenvalue weighted by molar-refractivity contribution is -0.125. The van der Waals surface area contributed by atoms with Crippen LogP contribution in [0.1, 0.15) is 26.2 Å². The van der Waals surface area contributed by atoms with Gasteiger partial charge in [-0.05, 0) is 32.3 Å². The van der Waals surface area contributed by atoms with Gasteiger partial charge in [0.1, 0.15) is 11.5 Å².